The summed E-state index contributed by atoms with van der Waals surface area (Å²) in [5.41, 5.74) is 3.01. The van der Waals surface area contributed by atoms with Crippen LogP contribution in [0.25, 0.3) is 10.9 Å². The monoisotopic (exact) mass is 436 g/mol. The third-order valence-electron chi connectivity index (χ3n) is 4.94. The number of hydrogen-bond acceptors (Lipinski definition) is 5. The van der Waals surface area contributed by atoms with Crippen LogP contribution >= 0.6 is 35.0 Å². The van der Waals surface area contributed by atoms with Gasteiger partial charge in [-0.15, -0.1) is 0 Å². The van der Waals surface area contributed by atoms with E-state index in [1.54, 1.807) is 17.8 Å². The van der Waals surface area contributed by atoms with Crippen molar-refractivity contribution >= 4 is 51.8 Å². The van der Waals surface area contributed by atoms with Gasteiger partial charge in [0, 0.05) is 35.4 Å². The molecule has 0 radical (unpaired) electrons. The Morgan fingerprint density at radius 2 is 2.11 bits per heavy atom. The second-order valence-corrected chi connectivity index (χ2v) is 8.16. The summed E-state index contributed by atoms with van der Waals surface area (Å²) in [6, 6.07) is 3.65. The minimum atomic E-state index is -0.193. The maximum Gasteiger partial charge on any atom is 0.292 e. The zero-order valence-corrected chi connectivity index (χ0v) is 17.7. The first-order valence-corrected chi connectivity index (χ1v) is 10.8. The number of carbonyl (C=O) groups excluding carboxylic acids is 1. The molecule has 6 nitrogen and oxygen atoms in total. The highest BCUT2D eigenvalue weighted by atomic mass is 35.5. The molecule has 0 fully saturated rings. The number of ether oxygens (including phenoxy) is 1. The van der Waals surface area contributed by atoms with E-state index in [1.807, 2.05) is 17.2 Å². The van der Waals surface area contributed by atoms with Crippen LogP contribution in [0.2, 0.25) is 10.0 Å². The molecule has 3 aromatic rings. The van der Waals surface area contributed by atoms with Gasteiger partial charge in [-0.2, -0.15) is 11.8 Å². The molecule has 2 aromatic heterocycles. The lowest BCUT2D eigenvalue weighted by atomic mass is 9.96. The van der Waals surface area contributed by atoms with Crippen LogP contribution in [0.5, 0.6) is 5.75 Å². The Kier molecular flexibility index (Phi) is 5.40. The minimum Gasteiger partial charge on any atom is -0.494 e. The summed E-state index contributed by atoms with van der Waals surface area (Å²) in [5.74, 6) is 1.24. The van der Waals surface area contributed by atoms with E-state index in [-0.39, 0.29) is 17.8 Å². The number of rotatable bonds is 4. The van der Waals surface area contributed by atoms with E-state index in [2.05, 4.69) is 15.0 Å². The lowest BCUT2D eigenvalue weighted by Gasteiger charge is -2.35. The number of H-pyrrole nitrogens is 1. The standard InChI is InChI=1S/C19H18Cl2N4O2S/c1-27-10-7-22-18(23-8-10)19(26)25-6-5-13-15(14(25)9-28-2)11-3-4-12(20)16(21)17(11)24-13/h3-4,7-8,14,24H,5-6,9H2,1-2H3/t14-/m1/s1. The maximum absolute atomic E-state index is 13.2. The molecule has 4 rings (SSSR count). The van der Waals surface area contributed by atoms with Gasteiger partial charge in [0.05, 0.1) is 41.1 Å². The molecule has 146 valence electrons. The molecule has 0 saturated heterocycles. The van der Waals surface area contributed by atoms with Crippen LogP contribution in [0.4, 0.5) is 0 Å². The Hall–Kier alpha value is -1.96. The van der Waals surface area contributed by atoms with E-state index in [9.17, 15) is 4.79 Å². The van der Waals surface area contributed by atoms with Gasteiger partial charge in [0.1, 0.15) is 0 Å². The topological polar surface area (TPSA) is 71.1 Å². The molecule has 9 heteroatoms. The largest absolute Gasteiger partial charge is 0.494 e. The highest BCUT2D eigenvalue weighted by Crippen LogP contribution is 2.41. The van der Waals surface area contributed by atoms with E-state index < -0.39 is 0 Å². The highest BCUT2D eigenvalue weighted by molar-refractivity contribution is 7.98. The SMILES string of the molecule is COc1cnc(C(=O)N2CCc3[nH]c4c(Cl)c(Cl)ccc4c3[C@H]2CSC)nc1. The summed E-state index contributed by atoms with van der Waals surface area (Å²) in [4.78, 5) is 26.8. The van der Waals surface area contributed by atoms with Crippen molar-refractivity contribution in [3.05, 3.63) is 51.7 Å². The first kappa shape index (κ1) is 19.4. The molecular weight excluding hydrogens is 419 g/mol. The molecular formula is C19H18Cl2N4O2S. The molecule has 1 atom stereocenters. The van der Waals surface area contributed by atoms with Crippen LogP contribution in [0, 0.1) is 0 Å². The first-order chi connectivity index (χ1) is 13.5. The fourth-order valence-corrected chi connectivity index (χ4v) is 4.67. The predicted molar refractivity (Wildman–Crippen MR) is 113 cm³/mol. The predicted octanol–water partition coefficient (Wildman–Crippen LogP) is 4.38. The van der Waals surface area contributed by atoms with Crippen LogP contribution in [0.3, 0.4) is 0 Å². The molecule has 1 aliphatic rings. The molecule has 0 aliphatic carbocycles. The number of carbonyl (C=O) groups is 1. The number of halogens is 2. The quantitative estimate of drug-likeness (QED) is 0.656. The molecule has 0 unspecified atom stereocenters. The Bertz CT molecular complexity index is 1040. The summed E-state index contributed by atoms with van der Waals surface area (Å²) >= 11 is 14.3. The first-order valence-electron chi connectivity index (χ1n) is 8.69. The van der Waals surface area contributed by atoms with Crippen molar-refractivity contribution in [2.45, 2.75) is 12.5 Å². The molecule has 28 heavy (non-hydrogen) atoms. The Morgan fingerprint density at radius 3 is 2.79 bits per heavy atom. The average Bonchev–Trinajstić information content (AvgIpc) is 3.10. The number of nitrogens with one attached hydrogen (secondary N) is 1. The third kappa shape index (κ3) is 3.21. The van der Waals surface area contributed by atoms with Gasteiger partial charge in [0.25, 0.3) is 5.91 Å². The van der Waals surface area contributed by atoms with E-state index in [4.69, 9.17) is 27.9 Å². The Labute approximate surface area is 176 Å². The molecule has 3 heterocycles. The lowest BCUT2D eigenvalue weighted by Crippen LogP contribution is -2.41. The molecule has 0 saturated carbocycles. The van der Waals surface area contributed by atoms with Gasteiger partial charge >= 0.3 is 0 Å². The number of thioether (sulfide) groups is 1. The van der Waals surface area contributed by atoms with Gasteiger partial charge in [0.2, 0.25) is 5.82 Å². The summed E-state index contributed by atoms with van der Waals surface area (Å²) in [7, 11) is 1.54. The van der Waals surface area contributed by atoms with Crippen LogP contribution in [0.15, 0.2) is 24.5 Å². The number of aromatic nitrogens is 3. The highest BCUT2D eigenvalue weighted by Gasteiger charge is 2.35. The lowest BCUT2D eigenvalue weighted by molar-refractivity contribution is 0.0669. The summed E-state index contributed by atoms with van der Waals surface area (Å²) < 4.78 is 5.08. The third-order valence-corrected chi connectivity index (χ3v) is 6.39. The molecule has 1 N–H and O–H groups in total. The number of hydrogen-bond donors (Lipinski definition) is 1. The summed E-state index contributed by atoms with van der Waals surface area (Å²) in [6.45, 7) is 0.574. The summed E-state index contributed by atoms with van der Waals surface area (Å²) in [6.07, 6.45) is 5.74. The van der Waals surface area contributed by atoms with Gasteiger partial charge < -0.3 is 14.6 Å². The van der Waals surface area contributed by atoms with Crippen molar-refractivity contribution in [3.63, 3.8) is 0 Å². The molecule has 1 aromatic carbocycles. The van der Waals surface area contributed by atoms with Gasteiger partial charge in [-0.05, 0) is 12.3 Å². The van der Waals surface area contributed by atoms with Crippen molar-refractivity contribution in [1.29, 1.82) is 0 Å². The Balaban J connectivity index is 1.77. The summed E-state index contributed by atoms with van der Waals surface area (Å²) in [5, 5.41) is 2.01. The molecule has 0 spiro atoms. The van der Waals surface area contributed by atoms with Crippen LogP contribution in [-0.4, -0.2) is 51.4 Å². The van der Waals surface area contributed by atoms with E-state index >= 15 is 0 Å². The van der Waals surface area contributed by atoms with E-state index in [1.165, 1.54) is 19.5 Å². The average molecular weight is 437 g/mol. The molecule has 0 bridgehead atoms. The number of amides is 1. The van der Waals surface area contributed by atoms with Crippen molar-refractivity contribution in [2.24, 2.45) is 0 Å². The number of methoxy groups -OCH3 is 1. The number of benzene rings is 1. The molecule has 1 amide bonds. The number of fused-ring (bicyclic) bond motifs is 3. The minimum absolute atomic E-state index is 0.108. The second kappa shape index (κ2) is 7.81. The van der Waals surface area contributed by atoms with Gasteiger partial charge in [-0.1, -0.05) is 29.3 Å². The maximum atomic E-state index is 13.2. The van der Waals surface area contributed by atoms with Crippen molar-refractivity contribution in [1.82, 2.24) is 19.9 Å². The fraction of sp³-hybridized carbons (Fsp3) is 0.316. The smallest absolute Gasteiger partial charge is 0.292 e. The van der Waals surface area contributed by atoms with Crippen molar-refractivity contribution in [2.75, 3.05) is 25.7 Å². The normalized spacial score (nSPS) is 16.3. The van der Waals surface area contributed by atoms with Gasteiger partial charge in [-0.3, -0.25) is 4.79 Å². The van der Waals surface area contributed by atoms with E-state index in [0.29, 0.717) is 28.8 Å². The van der Waals surface area contributed by atoms with Gasteiger partial charge in [0.15, 0.2) is 5.75 Å². The second-order valence-electron chi connectivity index (χ2n) is 6.47. The van der Waals surface area contributed by atoms with E-state index in [0.717, 1.165) is 27.9 Å². The van der Waals surface area contributed by atoms with Crippen LogP contribution in [-0.2, 0) is 6.42 Å². The number of aromatic amines is 1. The zero-order chi connectivity index (χ0) is 19.8. The Morgan fingerprint density at radius 1 is 1.36 bits per heavy atom. The zero-order valence-electron chi connectivity index (χ0n) is 15.3. The van der Waals surface area contributed by atoms with Crippen molar-refractivity contribution < 1.29 is 9.53 Å². The fourth-order valence-electron chi connectivity index (χ4n) is 3.63. The van der Waals surface area contributed by atoms with Crippen LogP contribution < -0.4 is 4.74 Å². The number of nitrogens with zero attached hydrogens (tertiary/aromatic N) is 3. The molecule has 1 aliphatic heterocycles. The van der Waals surface area contributed by atoms with Crippen LogP contribution in [0.1, 0.15) is 27.9 Å². The van der Waals surface area contributed by atoms with Gasteiger partial charge in [-0.25, -0.2) is 9.97 Å². The van der Waals surface area contributed by atoms with Crippen molar-refractivity contribution in [3.8, 4) is 5.75 Å².